The lowest BCUT2D eigenvalue weighted by Gasteiger charge is -2.06. The number of hydrogen-bond acceptors (Lipinski definition) is 3. The van der Waals surface area contributed by atoms with Gasteiger partial charge in [-0.25, -0.2) is 0 Å². The number of amides is 1. The number of thiophene rings is 1. The third-order valence-corrected chi connectivity index (χ3v) is 4.17. The molecular weight excluding hydrogens is 336 g/mol. The molecule has 2 rings (SSSR count). The van der Waals surface area contributed by atoms with Gasteiger partial charge in [0.15, 0.2) is 0 Å². The van der Waals surface area contributed by atoms with Gasteiger partial charge in [-0.15, -0.1) is 11.3 Å². The Kier molecular flexibility index (Phi) is 4.27. The van der Waals surface area contributed by atoms with Crippen molar-refractivity contribution >= 4 is 50.5 Å². The number of nitrogens with one attached hydrogen (secondary N) is 1. The molecule has 0 atom stereocenters. The van der Waals surface area contributed by atoms with E-state index in [1.807, 2.05) is 12.1 Å². The lowest BCUT2D eigenvalue weighted by atomic mass is 10.1. The van der Waals surface area contributed by atoms with Crippen molar-refractivity contribution < 1.29 is 4.79 Å². The van der Waals surface area contributed by atoms with Crippen LogP contribution in [0.2, 0.25) is 5.02 Å². The van der Waals surface area contributed by atoms with Crippen LogP contribution < -0.4 is 11.1 Å². The molecule has 0 radical (unpaired) electrons. The van der Waals surface area contributed by atoms with Crippen molar-refractivity contribution in [1.29, 1.82) is 0 Å². The van der Waals surface area contributed by atoms with E-state index in [0.29, 0.717) is 22.8 Å². The van der Waals surface area contributed by atoms with E-state index >= 15 is 0 Å². The number of halogens is 2. The number of carbonyl (C=O) groups is 1. The highest BCUT2D eigenvalue weighted by molar-refractivity contribution is 9.11. The lowest BCUT2D eigenvalue weighted by Crippen LogP contribution is -2.23. The molecule has 1 aromatic heterocycles. The second-order valence-corrected chi connectivity index (χ2v) is 6.60. The molecule has 1 amide bonds. The number of rotatable bonds is 3. The maximum absolute atomic E-state index is 11.9. The number of anilines is 1. The summed E-state index contributed by atoms with van der Waals surface area (Å²) >= 11 is 10.7. The van der Waals surface area contributed by atoms with Crippen molar-refractivity contribution in [3.63, 3.8) is 0 Å². The molecule has 0 bridgehead atoms. The van der Waals surface area contributed by atoms with Crippen molar-refractivity contribution in [3.8, 4) is 0 Å². The fraction of sp³-hybridized carbons (Fsp3) is 0.0833. The van der Waals surface area contributed by atoms with Gasteiger partial charge in [0.25, 0.3) is 5.91 Å². The molecular formula is C12H10BrClN2OS. The fourth-order valence-electron chi connectivity index (χ4n) is 1.45. The van der Waals surface area contributed by atoms with E-state index < -0.39 is 0 Å². The zero-order valence-corrected chi connectivity index (χ0v) is 12.4. The second kappa shape index (κ2) is 5.73. The van der Waals surface area contributed by atoms with Crippen molar-refractivity contribution in [3.05, 3.63) is 49.6 Å². The van der Waals surface area contributed by atoms with Crippen molar-refractivity contribution in [1.82, 2.24) is 5.32 Å². The van der Waals surface area contributed by atoms with E-state index in [0.717, 1.165) is 8.66 Å². The predicted molar refractivity (Wildman–Crippen MR) is 79.1 cm³/mol. The summed E-state index contributed by atoms with van der Waals surface area (Å²) in [6, 6.07) is 8.74. The summed E-state index contributed by atoms with van der Waals surface area (Å²) in [5, 5.41) is 3.34. The molecule has 0 aliphatic carbocycles. The molecule has 1 aromatic carbocycles. The van der Waals surface area contributed by atoms with Gasteiger partial charge in [0, 0.05) is 15.6 Å². The summed E-state index contributed by atoms with van der Waals surface area (Å²) in [6.45, 7) is 0.483. The molecule has 6 heteroatoms. The highest BCUT2D eigenvalue weighted by Gasteiger charge is 2.10. The first-order valence-electron chi connectivity index (χ1n) is 5.13. The maximum atomic E-state index is 11.9. The normalized spacial score (nSPS) is 10.3. The van der Waals surface area contributed by atoms with Crippen molar-refractivity contribution in [2.24, 2.45) is 0 Å². The Morgan fingerprint density at radius 2 is 2.17 bits per heavy atom. The number of hydrogen-bond donors (Lipinski definition) is 2. The molecule has 1 heterocycles. The Labute approximate surface area is 122 Å². The number of carbonyl (C=O) groups excluding carboxylic acids is 1. The standard InChI is InChI=1S/C12H10BrClN2OS/c13-11-4-2-8(18-11)6-16-12(17)9-3-1-7(14)5-10(9)15/h1-5H,6,15H2,(H,16,17). The van der Waals surface area contributed by atoms with Crippen LogP contribution in [0.5, 0.6) is 0 Å². The molecule has 3 nitrogen and oxygen atoms in total. The third kappa shape index (κ3) is 3.25. The number of nitrogen functional groups attached to an aromatic ring is 1. The van der Waals surface area contributed by atoms with E-state index in [1.165, 1.54) is 0 Å². The Bertz CT molecular complexity index is 585. The first-order valence-corrected chi connectivity index (χ1v) is 7.12. The molecule has 0 saturated heterocycles. The molecule has 18 heavy (non-hydrogen) atoms. The highest BCUT2D eigenvalue weighted by atomic mass is 79.9. The van der Waals surface area contributed by atoms with Crippen LogP contribution >= 0.6 is 38.9 Å². The van der Waals surface area contributed by atoms with Crippen LogP contribution in [0.25, 0.3) is 0 Å². The molecule has 0 unspecified atom stereocenters. The summed E-state index contributed by atoms with van der Waals surface area (Å²) in [6.07, 6.45) is 0. The van der Waals surface area contributed by atoms with Crippen molar-refractivity contribution in [2.45, 2.75) is 6.54 Å². The predicted octanol–water partition coefficient (Wildman–Crippen LogP) is 3.68. The molecule has 3 N–H and O–H groups in total. The Balaban J connectivity index is 2.03. The Morgan fingerprint density at radius 3 is 2.78 bits per heavy atom. The van der Waals surface area contributed by atoms with Gasteiger partial charge in [-0.05, 0) is 46.3 Å². The van der Waals surface area contributed by atoms with Gasteiger partial charge in [0.05, 0.1) is 15.9 Å². The molecule has 0 aliphatic rings. The first kappa shape index (κ1) is 13.4. The van der Waals surface area contributed by atoms with Crippen LogP contribution in [0.1, 0.15) is 15.2 Å². The third-order valence-electron chi connectivity index (χ3n) is 2.31. The molecule has 2 aromatic rings. The molecule has 0 fully saturated rings. The highest BCUT2D eigenvalue weighted by Crippen LogP contribution is 2.22. The van der Waals surface area contributed by atoms with E-state index in [4.69, 9.17) is 17.3 Å². The molecule has 94 valence electrons. The van der Waals surface area contributed by atoms with Crippen LogP contribution in [0.3, 0.4) is 0 Å². The van der Waals surface area contributed by atoms with E-state index in [-0.39, 0.29) is 5.91 Å². The summed E-state index contributed by atoms with van der Waals surface area (Å²) in [5.41, 5.74) is 6.57. The van der Waals surface area contributed by atoms with Crippen LogP contribution in [0.4, 0.5) is 5.69 Å². The zero-order valence-electron chi connectivity index (χ0n) is 9.24. The number of nitrogens with two attached hydrogens (primary N) is 1. The minimum absolute atomic E-state index is 0.200. The molecule has 0 saturated carbocycles. The van der Waals surface area contributed by atoms with Gasteiger partial charge in [-0.1, -0.05) is 11.6 Å². The van der Waals surface area contributed by atoms with Crippen LogP contribution in [0, 0.1) is 0 Å². The van der Waals surface area contributed by atoms with Gasteiger partial charge >= 0.3 is 0 Å². The SMILES string of the molecule is Nc1cc(Cl)ccc1C(=O)NCc1ccc(Br)s1. The largest absolute Gasteiger partial charge is 0.398 e. The molecule has 0 aliphatic heterocycles. The van der Waals surface area contributed by atoms with Crippen molar-refractivity contribution in [2.75, 3.05) is 5.73 Å². The number of benzene rings is 1. The summed E-state index contributed by atoms with van der Waals surface area (Å²) in [5.74, 6) is -0.200. The maximum Gasteiger partial charge on any atom is 0.253 e. The Morgan fingerprint density at radius 1 is 1.39 bits per heavy atom. The zero-order chi connectivity index (χ0) is 13.1. The average molecular weight is 346 g/mol. The van der Waals surface area contributed by atoms with Crippen LogP contribution in [0.15, 0.2) is 34.1 Å². The summed E-state index contributed by atoms with van der Waals surface area (Å²) < 4.78 is 1.04. The van der Waals surface area contributed by atoms with E-state index in [1.54, 1.807) is 29.5 Å². The van der Waals surface area contributed by atoms with Gasteiger partial charge in [0.1, 0.15) is 0 Å². The van der Waals surface area contributed by atoms with Gasteiger partial charge < -0.3 is 11.1 Å². The molecule has 0 spiro atoms. The first-order chi connectivity index (χ1) is 8.56. The van der Waals surface area contributed by atoms with E-state index in [9.17, 15) is 4.79 Å². The van der Waals surface area contributed by atoms with Crippen LogP contribution in [-0.2, 0) is 6.54 Å². The monoisotopic (exact) mass is 344 g/mol. The minimum Gasteiger partial charge on any atom is -0.398 e. The Hall–Kier alpha value is -1.04. The fourth-order valence-corrected chi connectivity index (χ4v) is 3.05. The second-order valence-electron chi connectivity index (χ2n) is 3.62. The topological polar surface area (TPSA) is 55.1 Å². The quantitative estimate of drug-likeness (QED) is 0.834. The van der Waals surface area contributed by atoms with Gasteiger partial charge in [0.2, 0.25) is 0 Å². The summed E-state index contributed by atoms with van der Waals surface area (Å²) in [7, 11) is 0. The van der Waals surface area contributed by atoms with Gasteiger partial charge in [-0.2, -0.15) is 0 Å². The average Bonchev–Trinajstić information content (AvgIpc) is 2.72. The van der Waals surface area contributed by atoms with Crippen LogP contribution in [-0.4, -0.2) is 5.91 Å². The van der Waals surface area contributed by atoms with Gasteiger partial charge in [-0.3, -0.25) is 4.79 Å². The lowest BCUT2D eigenvalue weighted by molar-refractivity contribution is 0.0952. The van der Waals surface area contributed by atoms with E-state index in [2.05, 4.69) is 21.2 Å². The smallest absolute Gasteiger partial charge is 0.253 e. The summed E-state index contributed by atoms with van der Waals surface area (Å²) in [4.78, 5) is 13.0. The minimum atomic E-state index is -0.200.